The number of morpholine rings is 1. The molecule has 0 aliphatic carbocycles. The van der Waals surface area contributed by atoms with Crippen LogP contribution >= 0.6 is 23.5 Å². The lowest BCUT2D eigenvalue weighted by Crippen LogP contribution is -2.47. The van der Waals surface area contributed by atoms with Crippen molar-refractivity contribution in [2.75, 3.05) is 62.8 Å². The second-order valence-electron chi connectivity index (χ2n) is 10.7. The summed E-state index contributed by atoms with van der Waals surface area (Å²) in [4.78, 5) is 25.6. The van der Waals surface area contributed by atoms with Crippen LogP contribution < -0.4 is 15.8 Å². The summed E-state index contributed by atoms with van der Waals surface area (Å²) < 4.78 is 11.1. The molecule has 9 heteroatoms. The van der Waals surface area contributed by atoms with Crippen molar-refractivity contribution < 1.29 is 9.47 Å². The second-order valence-corrected chi connectivity index (χ2v) is 12.8. The number of aromatic nitrogens is 1. The van der Waals surface area contributed by atoms with E-state index in [4.69, 9.17) is 9.47 Å². The predicted molar refractivity (Wildman–Crippen MR) is 158 cm³/mol. The Kier molecular flexibility index (Phi) is 7.34. The Morgan fingerprint density at radius 1 is 0.897 bits per heavy atom. The Morgan fingerprint density at radius 2 is 1.82 bits per heavy atom. The standard InChI is InChI=1S/C30H34N4O3S2/c35-29-17-23(33-10-13-36-14-11-33)16-25(32-29)24-4-1-5-27-30(24)39-26-7-6-20(15-28(26)38-27)31-21-3-2-9-34(18-21)22-8-12-37-19-22/h1,4-7,15-17,21-22,31H,2-3,8-14,18-19H2,(H,32,35). The molecule has 5 heterocycles. The number of H-pyrrole nitrogens is 1. The SMILES string of the molecule is O=c1cc(N2CCOCC2)cc(-c2cccc3c2Sc2ccc(NC4CCCN(C5CCOC5)C4)cc2S3)[nH]1. The average Bonchev–Trinajstić information content (AvgIpc) is 3.51. The van der Waals surface area contributed by atoms with Gasteiger partial charge >= 0.3 is 0 Å². The van der Waals surface area contributed by atoms with Gasteiger partial charge in [0.05, 0.1) is 25.5 Å². The third kappa shape index (κ3) is 5.47. The number of rotatable bonds is 5. The summed E-state index contributed by atoms with van der Waals surface area (Å²) in [6.45, 7) is 7.04. The van der Waals surface area contributed by atoms with Gasteiger partial charge in [0.2, 0.25) is 5.56 Å². The smallest absolute Gasteiger partial charge is 0.250 e. The first kappa shape index (κ1) is 25.5. The van der Waals surface area contributed by atoms with Gasteiger partial charge in [0, 0.05) is 80.9 Å². The van der Waals surface area contributed by atoms with E-state index in [1.807, 2.05) is 11.8 Å². The molecule has 204 valence electrons. The van der Waals surface area contributed by atoms with Gasteiger partial charge in [-0.3, -0.25) is 9.69 Å². The molecule has 39 heavy (non-hydrogen) atoms. The Morgan fingerprint density at radius 3 is 2.69 bits per heavy atom. The quantitative estimate of drug-likeness (QED) is 0.346. The van der Waals surface area contributed by atoms with Crippen molar-refractivity contribution in [1.29, 1.82) is 0 Å². The molecule has 0 radical (unpaired) electrons. The minimum atomic E-state index is -0.0714. The largest absolute Gasteiger partial charge is 0.381 e. The molecule has 0 bridgehead atoms. The zero-order valence-corrected chi connectivity index (χ0v) is 23.6. The van der Waals surface area contributed by atoms with Crippen molar-refractivity contribution in [1.82, 2.24) is 9.88 Å². The van der Waals surface area contributed by atoms with Crippen LogP contribution in [-0.4, -0.2) is 74.6 Å². The van der Waals surface area contributed by atoms with E-state index in [0.717, 1.165) is 56.2 Å². The zero-order valence-electron chi connectivity index (χ0n) is 22.0. The molecule has 2 N–H and O–H groups in total. The van der Waals surface area contributed by atoms with Gasteiger partial charge in [0.15, 0.2) is 0 Å². The molecule has 0 saturated carbocycles. The zero-order chi connectivity index (χ0) is 26.2. The topological polar surface area (TPSA) is 69.8 Å². The van der Waals surface area contributed by atoms with Gasteiger partial charge in [0.1, 0.15) is 0 Å². The van der Waals surface area contributed by atoms with Crippen molar-refractivity contribution in [2.24, 2.45) is 0 Å². The van der Waals surface area contributed by atoms with Crippen molar-refractivity contribution in [3.05, 3.63) is 58.9 Å². The predicted octanol–water partition coefficient (Wildman–Crippen LogP) is 5.16. The molecule has 4 aliphatic heterocycles. The molecule has 0 spiro atoms. The van der Waals surface area contributed by atoms with E-state index >= 15 is 0 Å². The van der Waals surface area contributed by atoms with Crippen LogP contribution in [0.1, 0.15) is 19.3 Å². The fourth-order valence-electron chi connectivity index (χ4n) is 6.08. The summed E-state index contributed by atoms with van der Waals surface area (Å²) in [6.07, 6.45) is 3.60. The highest BCUT2D eigenvalue weighted by molar-refractivity contribution is 8.05. The summed E-state index contributed by atoms with van der Waals surface area (Å²) in [5, 5.41) is 3.83. The maximum Gasteiger partial charge on any atom is 0.250 e. The number of ether oxygens (including phenoxy) is 2. The maximum absolute atomic E-state index is 12.6. The molecule has 7 rings (SSSR count). The summed E-state index contributed by atoms with van der Waals surface area (Å²) >= 11 is 3.62. The highest BCUT2D eigenvalue weighted by atomic mass is 32.2. The van der Waals surface area contributed by atoms with E-state index < -0.39 is 0 Å². The molecule has 3 aromatic rings. The molecule has 3 saturated heterocycles. The molecule has 2 atom stereocenters. The van der Waals surface area contributed by atoms with E-state index in [2.05, 4.69) is 62.6 Å². The van der Waals surface area contributed by atoms with Crippen LogP contribution in [0.3, 0.4) is 0 Å². The molecule has 2 aromatic carbocycles. The third-order valence-electron chi connectivity index (χ3n) is 8.10. The highest BCUT2D eigenvalue weighted by Crippen LogP contribution is 2.52. The van der Waals surface area contributed by atoms with Gasteiger partial charge in [-0.1, -0.05) is 35.7 Å². The lowest BCUT2D eigenvalue weighted by molar-refractivity contribution is 0.122. The van der Waals surface area contributed by atoms with Crippen LogP contribution in [0.2, 0.25) is 0 Å². The van der Waals surface area contributed by atoms with Crippen molar-refractivity contribution in [3.8, 4) is 11.3 Å². The van der Waals surface area contributed by atoms with Crippen LogP contribution in [0.25, 0.3) is 11.3 Å². The molecule has 3 fully saturated rings. The fraction of sp³-hybridized carbons (Fsp3) is 0.433. The maximum atomic E-state index is 12.6. The van der Waals surface area contributed by atoms with Crippen molar-refractivity contribution in [2.45, 2.75) is 50.9 Å². The number of fused-ring (bicyclic) bond motifs is 2. The van der Waals surface area contributed by atoms with Gasteiger partial charge < -0.3 is 24.7 Å². The number of anilines is 2. The minimum Gasteiger partial charge on any atom is -0.381 e. The molecular weight excluding hydrogens is 528 g/mol. The number of hydrogen-bond donors (Lipinski definition) is 2. The normalized spacial score (nSPS) is 23.3. The number of nitrogens with zero attached hydrogens (tertiary/aromatic N) is 2. The Hall–Kier alpha value is -2.43. The Balaban J connectivity index is 1.10. The van der Waals surface area contributed by atoms with Gasteiger partial charge in [-0.05, 0) is 56.1 Å². The lowest BCUT2D eigenvalue weighted by Gasteiger charge is -2.37. The highest BCUT2D eigenvalue weighted by Gasteiger charge is 2.29. The molecule has 4 aliphatic rings. The number of likely N-dealkylation sites (tertiary alicyclic amines) is 1. The number of piperidine rings is 1. The molecule has 2 unspecified atom stereocenters. The fourth-order valence-corrected chi connectivity index (χ4v) is 8.50. The molecular formula is C30H34N4O3S2. The van der Waals surface area contributed by atoms with Gasteiger partial charge in [0.25, 0.3) is 0 Å². The summed E-state index contributed by atoms with van der Waals surface area (Å²) in [5.74, 6) is 0. The van der Waals surface area contributed by atoms with Crippen LogP contribution in [0.5, 0.6) is 0 Å². The van der Waals surface area contributed by atoms with Crippen molar-refractivity contribution >= 4 is 34.9 Å². The number of hydrogen-bond acceptors (Lipinski definition) is 8. The van der Waals surface area contributed by atoms with Gasteiger partial charge in [-0.2, -0.15) is 0 Å². The van der Waals surface area contributed by atoms with E-state index in [9.17, 15) is 4.79 Å². The first-order chi connectivity index (χ1) is 19.2. The number of benzene rings is 2. The van der Waals surface area contributed by atoms with Crippen LogP contribution in [0.15, 0.2) is 72.9 Å². The van der Waals surface area contributed by atoms with E-state index in [0.29, 0.717) is 25.3 Å². The van der Waals surface area contributed by atoms with Crippen LogP contribution in [0.4, 0.5) is 11.4 Å². The van der Waals surface area contributed by atoms with Crippen molar-refractivity contribution in [3.63, 3.8) is 0 Å². The molecule has 1 aromatic heterocycles. The first-order valence-corrected chi connectivity index (χ1v) is 15.6. The van der Waals surface area contributed by atoms with E-state index in [-0.39, 0.29) is 5.56 Å². The third-order valence-corrected chi connectivity index (χ3v) is 10.7. The number of nitrogens with one attached hydrogen (secondary N) is 2. The van der Waals surface area contributed by atoms with E-state index in [1.165, 1.54) is 44.7 Å². The first-order valence-electron chi connectivity index (χ1n) is 14.0. The molecule has 7 nitrogen and oxygen atoms in total. The minimum absolute atomic E-state index is 0.0714. The summed E-state index contributed by atoms with van der Waals surface area (Å²) in [5.41, 5.74) is 4.02. The number of pyridine rings is 1. The van der Waals surface area contributed by atoms with Crippen LogP contribution in [-0.2, 0) is 9.47 Å². The Bertz CT molecular complexity index is 1400. The monoisotopic (exact) mass is 562 g/mol. The number of aromatic amines is 1. The van der Waals surface area contributed by atoms with E-state index in [1.54, 1.807) is 17.8 Å². The second kappa shape index (κ2) is 11.2. The molecule has 0 amide bonds. The van der Waals surface area contributed by atoms with Gasteiger partial charge in [-0.25, -0.2) is 0 Å². The van der Waals surface area contributed by atoms with Crippen LogP contribution in [0, 0.1) is 0 Å². The Labute approximate surface area is 237 Å². The summed E-state index contributed by atoms with van der Waals surface area (Å²) in [6, 6.07) is 18.0. The average molecular weight is 563 g/mol. The lowest BCUT2D eigenvalue weighted by atomic mass is 10.0. The van der Waals surface area contributed by atoms with Gasteiger partial charge in [-0.15, -0.1) is 0 Å². The summed E-state index contributed by atoms with van der Waals surface area (Å²) in [7, 11) is 0.